The van der Waals surface area contributed by atoms with Crippen LogP contribution in [0.1, 0.15) is 11.1 Å². The minimum atomic E-state index is -1.01. The Morgan fingerprint density at radius 2 is 1.95 bits per heavy atom. The maximum Gasteiger partial charge on any atom is 0.328 e. The Morgan fingerprint density at radius 1 is 1.24 bits per heavy atom. The lowest BCUT2D eigenvalue weighted by Gasteiger charge is -2.10. The Kier molecular flexibility index (Phi) is 4.75. The highest BCUT2D eigenvalue weighted by molar-refractivity contribution is 9.10. The number of benzene rings is 2. The van der Waals surface area contributed by atoms with Gasteiger partial charge in [0.25, 0.3) is 0 Å². The number of halogens is 2. The number of hydrogen-bond donors (Lipinski definition) is 1. The predicted molar refractivity (Wildman–Crippen MR) is 82.0 cm³/mol. The molecule has 0 saturated heterocycles. The summed E-state index contributed by atoms with van der Waals surface area (Å²) >= 11 is 3.37. The minimum absolute atomic E-state index is 0.312. The molecule has 0 aliphatic carbocycles. The van der Waals surface area contributed by atoms with Crippen LogP contribution in [0.25, 0.3) is 6.08 Å². The summed E-state index contributed by atoms with van der Waals surface area (Å²) in [7, 11) is 0. The second kappa shape index (κ2) is 6.54. The number of aliphatic carboxylic acids is 1. The first kappa shape index (κ1) is 15.3. The van der Waals surface area contributed by atoms with Crippen molar-refractivity contribution in [3.63, 3.8) is 0 Å². The van der Waals surface area contributed by atoms with Crippen molar-refractivity contribution in [2.45, 2.75) is 6.92 Å². The Bertz CT molecular complexity index is 711. The van der Waals surface area contributed by atoms with Gasteiger partial charge in [-0.2, -0.15) is 0 Å². The van der Waals surface area contributed by atoms with Crippen LogP contribution in [0.3, 0.4) is 0 Å². The Hall–Kier alpha value is -2.14. The Morgan fingerprint density at radius 3 is 2.57 bits per heavy atom. The highest BCUT2D eigenvalue weighted by Crippen LogP contribution is 2.32. The molecule has 2 aromatic carbocycles. The van der Waals surface area contributed by atoms with Gasteiger partial charge in [-0.1, -0.05) is 6.07 Å². The van der Waals surface area contributed by atoms with Crippen molar-refractivity contribution in [2.24, 2.45) is 0 Å². The van der Waals surface area contributed by atoms with Crippen LogP contribution in [0, 0.1) is 12.7 Å². The molecule has 0 saturated carbocycles. The molecule has 0 heterocycles. The van der Waals surface area contributed by atoms with E-state index in [9.17, 15) is 9.18 Å². The van der Waals surface area contributed by atoms with Gasteiger partial charge in [0.15, 0.2) is 0 Å². The summed E-state index contributed by atoms with van der Waals surface area (Å²) in [5.41, 5.74) is 1.42. The quantitative estimate of drug-likeness (QED) is 0.806. The number of rotatable bonds is 4. The molecular formula is C16H12BrFO3. The number of ether oxygens (including phenoxy) is 1. The van der Waals surface area contributed by atoms with Gasteiger partial charge in [-0.3, -0.25) is 0 Å². The van der Waals surface area contributed by atoms with Crippen molar-refractivity contribution in [3.05, 3.63) is 63.9 Å². The van der Waals surface area contributed by atoms with Crippen molar-refractivity contribution >= 4 is 28.0 Å². The highest BCUT2D eigenvalue weighted by atomic mass is 79.9. The molecule has 0 spiro atoms. The van der Waals surface area contributed by atoms with Crippen LogP contribution in [-0.2, 0) is 4.79 Å². The zero-order chi connectivity index (χ0) is 15.4. The van der Waals surface area contributed by atoms with Gasteiger partial charge in [0, 0.05) is 6.08 Å². The van der Waals surface area contributed by atoms with Crippen molar-refractivity contribution in [1.82, 2.24) is 0 Å². The van der Waals surface area contributed by atoms with Crippen LogP contribution in [0.2, 0.25) is 0 Å². The largest absolute Gasteiger partial charge is 0.478 e. The van der Waals surface area contributed by atoms with Gasteiger partial charge in [0.05, 0.1) is 4.47 Å². The molecule has 0 aromatic heterocycles. The van der Waals surface area contributed by atoms with Gasteiger partial charge >= 0.3 is 5.97 Å². The van der Waals surface area contributed by atoms with Crippen LogP contribution in [-0.4, -0.2) is 11.1 Å². The summed E-state index contributed by atoms with van der Waals surface area (Å²) in [6.07, 6.45) is 2.55. The summed E-state index contributed by atoms with van der Waals surface area (Å²) in [6.45, 7) is 1.76. The van der Waals surface area contributed by atoms with Gasteiger partial charge in [0.2, 0.25) is 0 Å². The third-order valence-corrected chi connectivity index (χ3v) is 3.35. The predicted octanol–water partition coefficient (Wildman–Crippen LogP) is 4.79. The van der Waals surface area contributed by atoms with Gasteiger partial charge in [0.1, 0.15) is 17.3 Å². The summed E-state index contributed by atoms with van der Waals surface area (Å²) in [5.74, 6) is -0.190. The summed E-state index contributed by atoms with van der Waals surface area (Å²) < 4.78 is 19.4. The van der Waals surface area contributed by atoms with Crippen molar-refractivity contribution < 1.29 is 19.0 Å². The van der Waals surface area contributed by atoms with Crippen LogP contribution in [0.4, 0.5) is 4.39 Å². The maximum atomic E-state index is 13.0. The fourth-order valence-electron chi connectivity index (χ4n) is 1.72. The first-order valence-corrected chi connectivity index (χ1v) is 6.89. The molecule has 0 aliphatic heterocycles. The smallest absolute Gasteiger partial charge is 0.328 e. The average Bonchev–Trinajstić information content (AvgIpc) is 2.42. The Balaban J connectivity index is 2.23. The zero-order valence-electron chi connectivity index (χ0n) is 11.1. The second-order valence-electron chi connectivity index (χ2n) is 4.37. The molecule has 5 heteroatoms. The Labute approximate surface area is 129 Å². The third-order valence-electron chi connectivity index (χ3n) is 2.73. The fourth-order valence-corrected chi connectivity index (χ4v) is 2.19. The molecular weight excluding hydrogens is 339 g/mol. The lowest BCUT2D eigenvalue weighted by molar-refractivity contribution is -0.131. The van der Waals surface area contributed by atoms with Crippen molar-refractivity contribution in [3.8, 4) is 11.5 Å². The molecule has 2 rings (SSSR count). The van der Waals surface area contributed by atoms with Crippen molar-refractivity contribution in [1.29, 1.82) is 0 Å². The molecule has 21 heavy (non-hydrogen) atoms. The van der Waals surface area contributed by atoms with E-state index in [0.29, 0.717) is 21.5 Å². The summed E-state index contributed by atoms with van der Waals surface area (Å²) in [4.78, 5) is 10.5. The highest BCUT2D eigenvalue weighted by Gasteiger charge is 2.06. The molecule has 1 N–H and O–H groups in total. The van der Waals surface area contributed by atoms with E-state index in [4.69, 9.17) is 9.84 Å². The average molecular weight is 351 g/mol. The second-order valence-corrected chi connectivity index (χ2v) is 5.23. The van der Waals surface area contributed by atoms with Gasteiger partial charge in [-0.15, -0.1) is 0 Å². The molecule has 0 radical (unpaired) electrons. The molecule has 3 nitrogen and oxygen atoms in total. The van der Waals surface area contributed by atoms with E-state index in [1.165, 1.54) is 18.2 Å². The monoisotopic (exact) mass is 350 g/mol. The maximum absolute atomic E-state index is 13.0. The molecule has 0 amide bonds. The molecule has 2 aromatic rings. The molecule has 0 unspecified atom stereocenters. The fraction of sp³-hybridized carbons (Fsp3) is 0.0625. The van der Waals surface area contributed by atoms with Crippen molar-refractivity contribution in [2.75, 3.05) is 0 Å². The van der Waals surface area contributed by atoms with E-state index >= 15 is 0 Å². The number of carboxylic acids is 1. The topological polar surface area (TPSA) is 46.5 Å². The van der Waals surface area contributed by atoms with E-state index < -0.39 is 5.97 Å². The number of aryl methyl sites for hydroxylation is 1. The van der Waals surface area contributed by atoms with Gasteiger partial charge < -0.3 is 9.84 Å². The van der Waals surface area contributed by atoms with Crippen LogP contribution in [0.15, 0.2) is 46.9 Å². The number of carboxylic acid groups (broad SMARTS) is 1. The van der Waals surface area contributed by atoms with Crippen LogP contribution < -0.4 is 4.74 Å². The first-order valence-electron chi connectivity index (χ1n) is 6.10. The van der Waals surface area contributed by atoms with Crippen LogP contribution >= 0.6 is 15.9 Å². The lowest BCUT2D eigenvalue weighted by atomic mass is 10.2. The van der Waals surface area contributed by atoms with Crippen LogP contribution in [0.5, 0.6) is 11.5 Å². The van der Waals surface area contributed by atoms with Gasteiger partial charge in [-0.05, 0) is 70.4 Å². The summed E-state index contributed by atoms with van der Waals surface area (Å²) in [5, 5.41) is 8.59. The van der Waals surface area contributed by atoms with E-state index in [-0.39, 0.29) is 5.82 Å². The standard InChI is InChI=1S/C16H12BrFO3/c1-10-8-12(18)4-6-14(10)21-15-5-2-11(9-13(15)17)3-7-16(19)20/h2-9H,1H3,(H,19,20)/b7-3+. The number of hydrogen-bond acceptors (Lipinski definition) is 2. The number of carbonyl (C=O) groups is 1. The summed E-state index contributed by atoms with van der Waals surface area (Å²) in [6, 6.07) is 9.49. The normalized spacial score (nSPS) is 10.8. The molecule has 0 fully saturated rings. The van der Waals surface area contributed by atoms with E-state index in [1.807, 2.05) is 0 Å². The molecule has 108 valence electrons. The van der Waals surface area contributed by atoms with Gasteiger partial charge in [-0.25, -0.2) is 9.18 Å². The lowest BCUT2D eigenvalue weighted by Crippen LogP contribution is -1.90. The SMILES string of the molecule is Cc1cc(F)ccc1Oc1ccc(/C=C/C(=O)O)cc1Br. The third kappa shape index (κ3) is 4.16. The molecule has 0 bridgehead atoms. The minimum Gasteiger partial charge on any atom is -0.478 e. The first-order chi connectivity index (χ1) is 9.95. The van der Waals surface area contributed by atoms with E-state index in [1.54, 1.807) is 31.2 Å². The zero-order valence-corrected chi connectivity index (χ0v) is 12.7. The van der Waals surface area contributed by atoms with E-state index in [2.05, 4.69) is 15.9 Å². The van der Waals surface area contributed by atoms with E-state index in [0.717, 1.165) is 11.6 Å². The molecule has 0 aliphatic rings. The molecule has 0 atom stereocenters.